The second kappa shape index (κ2) is 8.88. The largest absolute Gasteiger partial charge is 0.506 e. The van der Waals surface area contributed by atoms with Crippen molar-refractivity contribution < 1.29 is 10.2 Å². The van der Waals surface area contributed by atoms with E-state index in [0.29, 0.717) is 17.0 Å². The number of benzene rings is 1. The van der Waals surface area contributed by atoms with Gasteiger partial charge in [-0.3, -0.25) is 9.80 Å². The molecule has 2 N–H and O–H groups in total. The summed E-state index contributed by atoms with van der Waals surface area (Å²) in [4.78, 5) is 4.94. The number of hydrogen-bond donors (Lipinski definition) is 2. The number of nitrogens with zero attached hydrogens (tertiary/aromatic N) is 2. The van der Waals surface area contributed by atoms with E-state index in [0.717, 1.165) is 44.7 Å². The number of phenolic OH excluding ortho intramolecular Hbond substituents is 1. The summed E-state index contributed by atoms with van der Waals surface area (Å²) in [5.74, 6) is 0.842. The van der Waals surface area contributed by atoms with E-state index in [4.69, 9.17) is 11.6 Å². The van der Waals surface area contributed by atoms with E-state index < -0.39 is 0 Å². The van der Waals surface area contributed by atoms with Crippen LogP contribution in [0.5, 0.6) is 5.75 Å². The van der Waals surface area contributed by atoms with Crippen LogP contribution in [0, 0.1) is 5.92 Å². The topological polar surface area (TPSA) is 46.9 Å². The van der Waals surface area contributed by atoms with Gasteiger partial charge in [-0.05, 0) is 43.0 Å². The minimum Gasteiger partial charge on any atom is -0.506 e. The van der Waals surface area contributed by atoms with Crippen molar-refractivity contribution in [3.05, 3.63) is 28.8 Å². The number of aliphatic hydroxyl groups is 1. The molecular weight excluding hydrogens is 312 g/mol. The molecule has 4 nitrogen and oxygen atoms in total. The summed E-state index contributed by atoms with van der Waals surface area (Å²) in [6.07, 6.45) is 2.03. The maximum atomic E-state index is 9.52. The first-order valence-electron chi connectivity index (χ1n) is 8.54. The van der Waals surface area contributed by atoms with Crippen molar-refractivity contribution in [1.82, 2.24) is 9.80 Å². The lowest BCUT2D eigenvalue weighted by Crippen LogP contribution is -2.53. The van der Waals surface area contributed by atoms with Crippen LogP contribution in [0.15, 0.2) is 18.2 Å². The number of halogens is 1. The molecule has 0 unspecified atom stereocenters. The number of rotatable bonds is 7. The Morgan fingerprint density at radius 2 is 2.09 bits per heavy atom. The summed E-state index contributed by atoms with van der Waals surface area (Å²) >= 11 is 5.99. The van der Waals surface area contributed by atoms with Gasteiger partial charge < -0.3 is 10.2 Å². The molecular formula is C18H29ClN2O2. The number of piperazine rings is 1. The van der Waals surface area contributed by atoms with Gasteiger partial charge in [0.05, 0.1) is 5.02 Å². The Labute approximate surface area is 144 Å². The van der Waals surface area contributed by atoms with Crippen LogP contribution < -0.4 is 0 Å². The van der Waals surface area contributed by atoms with Crippen molar-refractivity contribution in [3.8, 4) is 5.75 Å². The highest BCUT2D eigenvalue weighted by molar-refractivity contribution is 6.32. The van der Waals surface area contributed by atoms with Crippen LogP contribution in [0.4, 0.5) is 0 Å². The van der Waals surface area contributed by atoms with Gasteiger partial charge in [0.15, 0.2) is 0 Å². The summed E-state index contributed by atoms with van der Waals surface area (Å²) in [5, 5.41) is 19.3. The molecule has 1 aliphatic rings. The van der Waals surface area contributed by atoms with Crippen LogP contribution in [0.3, 0.4) is 0 Å². The number of phenols is 1. The Morgan fingerprint density at radius 1 is 1.30 bits per heavy atom. The zero-order chi connectivity index (χ0) is 16.8. The molecule has 2 rings (SSSR count). The van der Waals surface area contributed by atoms with E-state index in [9.17, 15) is 10.2 Å². The molecule has 1 aromatic carbocycles. The molecule has 5 heteroatoms. The highest BCUT2D eigenvalue weighted by Gasteiger charge is 2.26. The minimum absolute atomic E-state index is 0.132. The Hall–Kier alpha value is -0.810. The third-order valence-corrected chi connectivity index (χ3v) is 4.87. The van der Waals surface area contributed by atoms with Crippen molar-refractivity contribution in [2.45, 2.75) is 39.3 Å². The molecule has 1 atom stereocenters. The summed E-state index contributed by atoms with van der Waals surface area (Å²) in [5.41, 5.74) is 1.12. The summed E-state index contributed by atoms with van der Waals surface area (Å²) in [7, 11) is 0. The van der Waals surface area contributed by atoms with E-state index in [-0.39, 0.29) is 12.4 Å². The van der Waals surface area contributed by atoms with Crippen molar-refractivity contribution in [1.29, 1.82) is 0 Å². The minimum atomic E-state index is 0.132. The van der Waals surface area contributed by atoms with Gasteiger partial charge in [-0.1, -0.05) is 31.5 Å². The fourth-order valence-electron chi connectivity index (χ4n) is 3.15. The smallest absolute Gasteiger partial charge is 0.134 e. The Bertz CT molecular complexity index is 496. The van der Waals surface area contributed by atoms with E-state index in [1.807, 2.05) is 12.1 Å². The van der Waals surface area contributed by atoms with Gasteiger partial charge in [0.25, 0.3) is 0 Å². The zero-order valence-corrected chi connectivity index (χ0v) is 15.0. The molecule has 0 spiro atoms. The van der Waals surface area contributed by atoms with Gasteiger partial charge in [-0.25, -0.2) is 0 Å². The van der Waals surface area contributed by atoms with Crippen molar-refractivity contribution in [2.75, 3.05) is 32.8 Å². The summed E-state index contributed by atoms with van der Waals surface area (Å²) in [6, 6.07) is 5.83. The van der Waals surface area contributed by atoms with Crippen LogP contribution in [0.1, 0.15) is 32.3 Å². The first-order chi connectivity index (χ1) is 11.0. The lowest BCUT2D eigenvalue weighted by Gasteiger charge is -2.41. The number of hydrogen-bond acceptors (Lipinski definition) is 4. The van der Waals surface area contributed by atoms with Gasteiger partial charge in [0.1, 0.15) is 5.75 Å². The fraction of sp³-hybridized carbons (Fsp3) is 0.667. The van der Waals surface area contributed by atoms with Crippen molar-refractivity contribution in [2.24, 2.45) is 5.92 Å². The Kier molecular flexibility index (Phi) is 7.15. The lowest BCUT2D eigenvalue weighted by molar-refractivity contribution is 0.0524. The first-order valence-corrected chi connectivity index (χ1v) is 8.92. The van der Waals surface area contributed by atoms with Crippen molar-refractivity contribution >= 4 is 11.6 Å². The number of aliphatic hydroxyl groups excluding tert-OH is 1. The third-order valence-electron chi connectivity index (χ3n) is 4.56. The Morgan fingerprint density at radius 3 is 2.74 bits per heavy atom. The zero-order valence-electron chi connectivity index (χ0n) is 14.2. The van der Waals surface area contributed by atoms with Gasteiger partial charge in [0, 0.05) is 38.8 Å². The second-order valence-corrected chi connectivity index (χ2v) is 7.31. The monoisotopic (exact) mass is 340 g/mol. The normalized spacial score (nSPS) is 20.3. The highest BCUT2D eigenvalue weighted by Crippen LogP contribution is 2.25. The second-order valence-electron chi connectivity index (χ2n) is 6.91. The van der Waals surface area contributed by atoms with Crippen LogP contribution in [-0.2, 0) is 6.54 Å². The predicted molar refractivity (Wildman–Crippen MR) is 94.9 cm³/mol. The number of aromatic hydroxyl groups is 1. The van der Waals surface area contributed by atoms with Crippen molar-refractivity contribution in [3.63, 3.8) is 0 Å². The third kappa shape index (κ3) is 5.64. The highest BCUT2D eigenvalue weighted by atomic mass is 35.5. The van der Waals surface area contributed by atoms with Crippen LogP contribution >= 0.6 is 11.6 Å². The Balaban J connectivity index is 1.93. The van der Waals surface area contributed by atoms with E-state index in [1.54, 1.807) is 6.07 Å². The maximum Gasteiger partial charge on any atom is 0.134 e. The molecule has 130 valence electrons. The molecule has 1 aliphatic heterocycles. The maximum absolute atomic E-state index is 9.52. The summed E-state index contributed by atoms with van der Waals surface area (Å²) in [6.45, 7) is 9.74. The molecule has 0 radical (unpaired) electrons. The summed E-state index contributed by atoms with van der Waals surface area (Å²) < 4.78 is 0. The van der Waals surface area contributed by atoms with Gasteiger partial charge in [-0.2, -0.15) is 0 Å². The molecule has 0 bridgehead atoms. The van der Waals surface area contributed by atoms with Gasteiger partial charge >= 0.3 is 0 Å². The van der Waals surface area contributed by atoms with Gasteiger partial charge in [-0.15, -0.1) is 0 Å². The van der Waals surface area contributed by atoms with Crippen LogP contribution in [0.25, 0.3) is 0 Å². The fourth-order valence-corrected chi connectivity index (χ4v) is 3.35. The predicted octanol–water partition coefficient (Wildman–Crippen LogP) is 2.96. The quantitative estimate of drug-likeness (QED) is 0.801. The molecule has 1 heterocycles. The first kappa shape index (κ1) is 18.5. The molecule has 0 aliphatic carbocycles. The average Bonchev–Trinajstić information content (AvgIpc) is 2.50. The lowest BCUT2D eigenvalue weighted by atomic mass is 10.0. The van der Waals surface area contributed by atoms with E-state index in [2.05, 4.69) is 23.6 Å². The molecule has 0 aromatic heterocycles. The molecule has 1 saturated heterocycles. The molecule has 0 saturated carbocycles. The molecule has 1 aromatic rings. The average molecular weight is 341 g/mol. The van der Waals surface area contributed by atoms with Gasteiger partial charge in [0.2, 0.25) is 0 Å². The van der Waals surface area contributed by atoms with E-state index in [1.165, 1.54) is 6.42 Å². The SMILES string of the molecule is CC(C)CCN1CCN(Cc2ccc(O)c(Cl)c2)C[C@H]1CCO. The van der Waals surface area contributed by atoms with E-state index >= 15 is 0 Å². The standard InChI is InChI=1S/C18H29ClN2O2/c1-14(2)5-7-21-9-8-20(13-16(21)6-10-22)12-15-3-4-18(23)17(19)11-15/h3-4,11,14,16,22-23H,5-10,12-13H2,1-2H3/t16-/m1/s1. The van der Waals surface area contributed by atoms with Crippen LogP contribution in [-0.4, -0.2) is 58.8 Å². The van der Waals surface area contributed by atoms with Crippen LogP contribution in [0.2, 0.25) is 5.02 Å². The molecule has 0 amide bonds. The molecule has 1 fully saturated rings. The molecule has 23 heavy (non-hydrogen) atoms.